The monoisotopic (exact) mass is 479 g/mol. The normalized spacial score (nSPS) is 24.8. The Bertz CT molecular complexity index is 1260. The van der Waals surface area contributed by atoms with Gasteiger partial charge in [-0.3, -0.25) is 14.3 Å². The first-order valence-electron chi connectivity index (χ1n) is 12.5. The lowest BCUT2D eigenvalue weighted by molar-refractivity contribution is -0.135. The maximum absolute atomic E-state index is 13.1. The number of likely N-dealkylation sites (tertiary alicyclic amines) is 1. The van der Waals surface area contributed by atoms with Crippen LogP contribution >= 0.6 is 0 Å². The van der Waals surface area contributed by atoms with Crippen molar-refractivity contribution in [2.24, 2.45) is 5.92 Å². The number of aryl methyl sites for hydroxylation is 1. The van der Waals surface area contributed by atoms with Gasteiger partial charge in [0.1, 0.15) is 5.75 Å². The van der Waals surface area contributed by atoms with Gasteiger partial charge in [-0.25, -0.2) is 4.79 Å². The van der Waals surface area contributed by atoms with Crippen LogP contribution in [-0.4, -0.2) is 46.3 Å². The van der Waals surface area contributed by atoms with Gasteiger partial charge in [0.2, 0.25) is 5.91 Å². The first-order valence-corrected chi connectivity index (χ1v) is 12.5. The van der Waals surface area contributed by atoms with Crippen LogP contribution in [0.15, 0.2) is 51.7 Å². The number of rotatable bonds is 6. The highest BCUT2D eigenvalue weighted by atomic mass is 16.5. The predicted molar refractivity (Wildman–Crippen MR) is 134 cm³/mol. The van der Waals surface area contributed by atoms with Crippen LogP contribution in [0.2, 0.25) is 0 Å². The van der Waals surface area contributed by atoms with E-state index in [1.807, 2.05) is 31.2 Å². The van der Waals surface area contributed by atoms with E-state index in [0.29, 0.717) is 36.3 Å². The lowest BCUT2D eigenvalue weighted by atomic mass is 9.66. The van der Waals surface area contributed by atoms with E-state index in [4.69, 9.17) is 9.15 Å². The molecular formula is C27H33N3O5. The van der Waals surface area contributed by atoms with E-state index in [1.54, 1.807) is 29.9 Å². The number of methoxy groups -OCH3 is 1. The van der Waals surface area contributed by atoms with Gasteiger partial charge < -0.3 is 19.6 Å². The lowest BCUT2D eigenvalue weighted by Crippen LogP contribution is -2.56. The first kappa shape index (κ1) is 23.6. The molecule has 0 unspecified atom stereocenters. The van der Waals surface area contributed by atoms with Gasteiger partial charge in [0, 0.05) is 36.8 Å². The van der Waals surface area contributed by atoms with Crippen LogP contribution < -0.4 is 15.8 Å². The first-order chi connectivity index (χ1) is 16.9. The molecule has 1 amide bonds. The molecule has 8 nitrogen and oxygen atoms in total. The molecule has 2 aliphatic rings. The van der Waals surface area contributed by atoms with E-state index in [1.165, 1.54) is 0 Å². The fourth-order valence-electron chi connectivity index (χ4n) is 5.99. The fourth-order valence-corrected chi connectivity index (χ4v) is 5.99. The number of amides is 1. The van der Waals surface area contributed by atoms with Crippen molar-refractivity contribution in [2.45, 2.75) is 57.2 Å². The zero-order chi connectivity index (χ0) is 24.6. The molecule has 0 bridgehead atoms. The van der Waals surface area contributed by atoms with Gasteiger partial charge in [-0.05, 0) is 56.0 Å². The Balaban J connectivity index is 1.37. The van der Waals surface area contributed by atoms with Crippen LogP contribution in [0.4, 0.5) is 5.69 Å². The van der Waals surface area contributed by atoms with Gasteiger partial charge in [-0.2, -0.15) is 0 Å². The summed E-state index contributed by atoms with van der Waals surface area (Å²) in [6, 6.07) is 13.2. The molecule has 3 atom stereocenters. The number of ether oxygens (including phenoxy) is 1. The second kappa shape index (κ2) is 9.51. The summed E-state index contributed by atoms with van der Waals surface area (Å²) in [5.41, 5.74) is 2.16. The zero-order valence-corrected chi connectivity index (χ0v) is 20.3. The number of carbonyl (C=O) groups excluding carboxylic acids is 1. The highest BCUT2D eigenvalue weighted by Crippen LogP contribution is 2.49. The molecule has 2 N–H and O–H groups in total. The number of piperidine rings is 1. The molecule has 2 aromatic carbocycles. The van der Waals surface area contributed by atoms with Crippen molar-refractivity contribution >= 4 is 22.7 Å². The van der Waals surface area contributed by atoms with E-state index >= 15 is 0 Å². The van der Waals surface area contributed by atoms with Crippen LogP contribution in [0.3, 0.4) is 0 Å². The summed E-state index contributed by atoms with van der Waals surface area (Å²) in [7, 11) is 1.64. The van der Waals surface area contributed by atoms with Gasteiger partial charge >= 0.3 is 5.76 Å². The molecule has 3 aromatic rings. The number of aromatic nitrogens is 1. The maximum Gasteiger partial charge on any atom is 0.419 e. The smallest absolute Gasteiger partial charge is 0.419 e. The summed E-state index contributed by atoms with van der Waals surface area (Å²) in [5.74, 6) is 0.320. The minimum atomic E-state index is -0.690. The molecule has 8 heteroatoms. The number of nitrogens with zero attached hydrogens (tertiary/aromatic N) is 2. The van der Waals surface area contributed by atoms with Crippen molar-refractivity contribution < 1.29 is 19.1 Å². The molecule has 1 aliphatic heterocycles. The van der Waals surface area contributed by atoms with Gasteiger partial charge in [0.25, 0.3) is 0 Å². The van der Waals surface area contributed by atoms with Crippen LogP contribution in [-0.2, 0) is 11.3 Å². The average molecular weight is 480 g/mol. The summed E-state index contributed by atoms with van der Waals surface area (Å²) in [5, 5.41) is 14.4. The third-order valence-electron chi connectivity index (χ3n) is 7.74. The lowest BCUT2D eigenvalue weighted by Gasteiger charge is -2.52. The summed E-state index contributed by atoms with van der Waals surface area (Å²) in [6.07, 6.45) is 4.55. The second-order valence-electron chi connectivity index (χ2n) is 9.74. The third-order valence-corrected chi connectivity index (χ3v) is 7.74. The Morgan fingerprint density at radius 1 is 1.20 bits per heavy atom. The molecule has 1 aliphatic carbocycles. The van der Waals surface area contributed by atoms with Crippen molar-refractivity contribution in [3.8, 4) is 5.75 Å². The van der Waals surface area contributed by atoms with Gasteiger partial charge in [-0.15, -0.1) is 0 Å². The van der Waals surface area contributed by atoms with E-state index in [0.717, 1.165) is 37.0 Å². The van der Waals surface area contributed by atoms with Crippen molar-refractivity contribution in [1.82, 2.24) is 9.47 Å². The van der Waals surface area contributed by atoms with Gasteiger partial charge in [0.05, 0.1) is 24.8 Å². The standard InChI is InChI=1S/C27H33N3O5/c1-3-30-22-12-9-19(16-23(22)35-26(30)32)28-24(31)17-29-15-14-27(33)13-5-4-6-21(27)25(29)18-7-10-20(34-2)11-8-18/h7-12,16,21,25,33H,3-6,13-15,17H2,1-2H3,(H,28,31)/t21-,25-,27-/m1/s1. The van der Waals surface area contributed by atoms with E-state index in [-0.39, 0.29) is 24.4 Å². The van der Waals surface area contributed by atoms with E-state index in [9.17, 15) is 14.7 Å². The SMILES string of the molecule is CCn1c(=O)oc2cc(NC(=O)CN3CC[C@]4(O)CCCC[C@@H]4[C@H]3c3ccc(OC)cc3)ccc21. The molecule has 1 saturated carbocycles. The van der Waals surface area contributed by atoms with Gasteiger partial charge in [0.15, 0.2) is 5.58 Å². The number of carbonyl (C=O) groups is 1. The number of oxazole rings is 1. The Morgan fingerprint density at radius 2 is 2.00 bits per heavy atom. The highest BCUT2D eigenvalue weighted by molar-refractivity contribution is 5.94. The van der Waals surface area contributed by atoms with Crippen LogP contribution in [0.25, 0.3) is 11.1 Å². The maximum atomic E-state index is 13.1. The predicted octanol–water partition coefficient (Wildman–Crippen LogP) is 3.93. The minimum Gasteiger partial charge on any atom is -0.497 e. The molecule has 2 fully saturated rings. The Kier molecular flexibility index (Phi) is 6.42. The summed E-state index contributed by atoms with van der Waals surface area (Å²) >= 11 is 0. The molecule has 35 heavy (non-hydrogen) atoms. The van der Waals surface area contributed by atoms with Crippen molar-refractivity contribution in [1.29, 1.82) is 0 Å². The van der Waals surface area contributed by atoms with E-state index in [2.05, 4.69) is 10.2 Å². The molecule has 186 valence electrons. The molecule has 5 rings (SSSR count). The number of benzene rings is 2. The topological polar surface area (TPSA) is 96.9 Å². The quantitative estimate of drug-likeness (QED) is 0.556. The number of hydrogen-bond acceptors (Lipinski definition) is 6. The summed E-state index contributed by atoms with van der Waals surface area (Å²) in [4.78, 5) is 27.3. The van der Waals surface area contributed by atoms with Crippen LogP contribution in [0, 0.1) is 5.92 Å². The summed E-state index contributed by atoms with van der Waals surface area (Å²) in [6.45, 7) is 3.26. The molecule has 1 saturated heterocycles. The minimum absolute atomic E-state index is 0.0511. The van der Waals surface area contributed by atoms with Crippen LogP contribution in [0.1, 0.15) is 50.6 Å². The molecular weight excluding hydrogens is 446 g/mol. The molecule has 0 radical (unpaired) electrons. The Labute approximate surface area is 204 Å². The number of fused-ring (bicyclic) bond motifs is 2. The average Bonchev–Trinajstić information content (AvgIpc) is 3.18. The zero-order valence-electron chi connectivity index (χ0n) is 20.3. The van der Waals surface area contributed by atoms with Crippen molar-refractivity contribution in [3.05, 3.63) is 58.6 Å². The Morgan fingerprint density at radius 3 is 2.74 bits per heavy atom. The number of anilines is 1. The highest BCUT2D eigenvalue weighted by Gasteiger charge is 2.49. The Hall–Kier alpha value is -3.10. The van der Waals surface area contributed by atoms with Gasteiger partial charge in [-0.1, -0.05) is 25.0 Å². The second-order valence-corrected chi connectivity index (χ2v) is 9.74. The van der Waals surface area contributed by atoms with E-state index < -0.39 is 11.4 Å². The number of hydrogen-bond donors (Lipinski definition) is 2. The molecule has 0 spiro atoms. The largest absolute Gasteiger partial charge is 0.497 e. The molecule has 1 aromatic heterocycles. The van der Waals surface area contributed by atoms with Crippen molar-refractivity contribution in [2.75, 3.05) is 25.5 Å². The third kappa shape index (κ3) is 4.48. The van der Waals surface area contributed by atoms with Crippen molar-refractivity contribution in [3.63, 3.8) is 0 Å². The number of aliphatic hydroxyl groups is 1. The number of nitrogens with one attached hydrogen (secondary N) is 1. The summed E-state index contributed by atoms with van der Waals surface area (Å²) < 4.78 is 12.2. The molecule has 2 heterocycles. The fraction of sp³-hybridized carbons (Fsp3) is 0.481. The van der Waals surface area contributed by atoms with Crippen LogP contribution in [0.5, 0.6) is 5.75 Å².